The first-order valence-corrected chi connectivity index (χ1v) is 14.5. The van der Waals surface area contributed by atoms with Gasteiger partial charge in [-0.25, -0.2) is 4.99 Å². The summed E-state index contributed by atoms with van der Waals surface area (Å²) in [5.74, 6) is 0.260. The van der Waals surface area contributed by atoms with Gasteiger partial charge >= 0.3 is 0 Å². The van der Waals surface area contributed by atoms with Gasteiger partial charge in [0.15, 0.2) is 5.84 Å². The van der Waals surface area contributed by atoms with E-state index in [1.165, 1.54) is 46.2 Å². The van der Waals surface area contributed by atoms with Crippen LogP contribution in [0.2, 0.25) is 0 Å². The molecule has 4 aromatic carbocycles. The SMILES string of the molecule is N=C(N=C(N)c1ccccc1O)c1cc2c(c3ccccc13)-c1ccccc1C2(C1=CCCC=C1)C1=CCCCC1. The van der Waals surface area contributed by atoms with Crippen LogP contribution in [-0.2, 0) is 5.41 Å². The molecule has 0 bridgehead atoms. The number of nitrogens with two attached hydrogens (primary N) is 1. The third-order valence-electron chi connectivity index (χ3n) is 8.92. The molecule has 1 atom stereocenters. The Morgan fingerprint density at radius 1 is 0.805 bits per heavy atom. The molecule has 0 aliphatic heterocycles. The molecule has 7 rings (SSSR count). The van der Waals surface area contributed by atoms with Crippen molar-refractivity contribution in [1.82, 2.24) is 0 Å². The van der Waals surface area contributed by atoms with Crippen LogP contribution in [0.3, 0.4) is 0 Å². The van der Waals surface area contributed by atoms with Crippen LogP contribution >= 0.6 is 0 Å². The van der Waals surface area contributed by atoms with Crippen molar-refractivity contribution in [3.8, 4) is 16.9 Å². The van der Waals surface area contributed by atoms with Crippen molar-refractivity contribution in [1.29, 1.82) is 5.41 Å². The maximum atomic E-state index is 10.4. The molecule has 0 saturated heterocycles. The standard InChI is InChI=1S/C37H33N3O/c38-35(29-20-10-12-22-33(29)41)40-36(39)30-23-32-34(27-18-8-7-17-26(27)30)28-19-9-11-21-31(28)37(32,24-13-3-1-4-14-24)25-15-5-2-6-16-25/h3,7-15,17-23,41H,1-2,4-6,16H2,(H3,38,39,40). The molecule has 0 saturated carbocycles. The highest BCUT2D eigenvalue weighted by Gasteiger charge is 2.48. The van der Waals surface area contributed by atoms with E-state index in [9.17, 15) is 10.5 Å². The van der Waals surface area contributed by atoms with Gasteiger partial charge < -0.3 is 10.8 Å². The topological polar surface area (TPSA) is 82.5 Å². The van der Waals surface area contributed by atoms with Crippen LogP contribution in [0.4, 0.5) is 0 Å². The lowest BCUT2D eigenvalue weighted by molar-refractivity contribution is 0.474. The predicted molar refractivity (Wildman–Crippen MR) is 169 cm³/mol. The summed E-state index contributed by atoms with van der Waals surface area (Å²) in [6, 6.07) is 26.3. The van der Waals surface area contributed by atoms with Gasteiger partial charge in [0, 0.05) is 5.56 Å². The predicted octanol–water partition coefficient (Wildman–Crippen LogP) is 8.32. The molecule has 3 aliphatic rings. The van der Waals surface area contributed by atoms with E-state index in [-0.39, 0.29) is 17.4 Å². The first-order valence-electron chi connectivity index (χ1n) is 14.5. The molecule has 202 valence electrons. The molecular formula is C37H33N3O. The Bertz CT molecular complexity index is 1840. The summed E-state index contributed by atoms with van der Waals surface area (Å²) in [5.41, 5.74) is 15.0. The molecule has 4 nitrogen and oxygen atoms in total. The van der Waals surface area contributed by atoms with E-state index in [1.807, 2.05) is 6.07 Å². The minimum absolute atomic E-state index is 0.0510. The molecule has 0 fully saturated rings. The molecule has 3 aliphatic carbocycles. The zero-order valence-corrected chi connectivity index (χ0v) is 23.0. The zero-order valence-electron chi connectivity index (χ0n) is 23.0. The van der Waals surface area contributed by atoms with Crippen LogP contribution < -0.4 is 5.73 Å². The van der Waals surface area contributed by atoms with Gasteiger partial charge in [0.05, 0.1) is 11.0 Å². The summed E-state index contributed by atoms with van der Waals surface area (Å²) >= 11 is 0. The zero-order chi connectivity index (χ0) is 28.0. The number of aliphatic imine (C=N–C) groups is 1. The van der Waals surface area contributed by atoms with Crippen LogP contribution in [0.1, 0.15) is 60.8 Å². The van der Waals surface area contributed by atoms with Gasteiger partial charge in [-0.05, 0) is 95.3 Å². The fourth-order valence-electron chi connectivity index (χ4n) is 7.17. The molecule has 41 heavy (non-hydrogen) atoms. The van der Waals surface area contributed by atoms with Crippen LogP contribution in [0.15, 0.2) is 119 Å². The highest BCUT2D eigenvalue weighted by molar-refractivity contribution is 6.18. The monoisotopic (exact) mass is 535 g/mol. The van der Waals surface area contributed by atoms with Crippen molar-refractivity contribution in [2.45, 2.75) is 43.9 Å². The van der Waals surface area contributed by atoms with Gasteiger partial charge in [-0.3, -0.25) is 5.41 Å². The fourth-order valence-corrected chi connectivity index (χ4v) is 7.17. The molecule has 0 radical (unpaired) electrons. The first kappa shape index (κ1) is 25.3. The number of nitrogens with one attached hydrogen (secondary N) is 1. The van der Waals surface area contributed by atoms with E-state index < -0.39 is 5.41 Å². The number of fused-ring (bicyclic) bond motifs is 5. The molecule has 0 spiro atoms. The number of para-hydroxylation sites is 1. The second-order valence-electron chi connectivity index (χ2n) is 11.2. The lowest BCUT2D eigenvalue weighted by Gasteiger charge is -2.39. The highest BCUT2D eigenvalue weighted by Crippen LogP contribution is 2.60. The Morgan fingerprint density at radius 3 is 2.37 bits per heavy atom. The third-order valence-corrected chi connectivity index (χ3v) is 8.92. The van der Waals surface area contributed by atoms with E-state index in [4.69, 9.17) is 5.73 Å². The smallest absolute Gasteiger partial charge is 0.154 e. The number of amidine groups is 2. The molecule has 0 heterocycles. The van der Waals surface area contributed by atoms with Crippen molar-refractivity contribution >= 4 is 22.4 Å². The number of hydrogen-bond acceptors (Lipinski definition) is 2. The highest BCUT2D eigenvalue weighted by atomic mass is 16.3. The lowest BCUT2D eigenvalue weighted by atomic mass is 9.63. The number of benzene rings is 4. The summed E-state index contributed by atoms with van der Waals surface area (Å²) in [6.07, 6.45) is 16.2. The number of hydrogen-bond donors (Lipinski definition) is 3. The van der Waals surface area contributed by atoms with Gasteiger partial charge in [0.1, 0.15) is 11.6 Å². The largest absolute Gasteiger partial charge is 0.507 e. The Hall–Kier alpha value is -4.70. The van der Waals surface area contributed by atoms with Gasteiger partial charge in [-0.2, -0.15) is 0 Å². The van der Waals surface area contributed by atoms with Crippen LogP contribution in [0.5, 0.6) is 5.75 Å². The molecular weight excluding hydrogens is 502 g/mol. The number of phenolic OH excluding ortho intramolecular Hbond substituents is 1. The van der Waals surface area contributed by atoms with E-state index in [2.05, 4.69) is 77.8 Å². The molecule has 4 aromatic rings. The van der Waals surface area contributed by atoms with Gasteiger partial charge in [0.2, 0.25) is 0 Å². The Morgan fingerprint density at radius 2 is 1.59 bits per heavy atom. The van der Waals surface area contributed by atoms with Crippen LogP contribution in [0, 0.1) is 5.41 Å². The minimum atomic E-state index is -0.407. The van der Waals surface area contributed by atoms with E-state index in [0.717, 1.165) is 42.0 Å². The number of allylic oxidation sites excluding steroid dienone is 6. The first-order chi connectivity index (χ1) is 20.1. The van der Waals surface area contributed by atoms with Crippen molar-refractivity contribution in [3.63, 3.8) is 0 Å². The van der Waals surface area contributed by atoms with Crippen LogP contribution in [0.25, 0.3) is 21.9 Å². The maximum absolute atomic E-state index is 10.4. The van der Waals surface area contributed by atoms with Crippen molar-refractivity contribution in [2.75, 3.05) is 0 Å². The summed E-state index contributed by atoms with van der Waals surface area (Å²) < 4.78 is 0. The molecule has 0 aromatic heterocycles. The maximum Gasteiger partial charge on any atom is 0.154 e. The van der Waals surface area contributed by atoms with E-state index in [1.54, 1.807) is 24.3 Å². The average Bonchev–Trinajstić information content (AvgIpc) is 3.33. The Labute approximate surface area is 240 Å². The molecule has 0 amide bonds. The van der Waals surface area contributed by atoms with E-state index in [0.29, 0.717) is 5.56 Å². The Balaban J connectivity index is 1.54. The van der Waals surface area contributed by atoms with Crippen molar-refractivity contribution in [2.24, 2.45) is 10.7 Å². The fraction of sp³-hybridized carbons (Fsp3) is 0.189. The Kier molecular flexibility index (Phi) is 6.19. The number of phenols is 1. The number of aromatic hydroxyl groups is 1. The average molecular weight is 536 g/mol. The summed E-state index contributed by atoms with van der Waals surface area (Å²) in [4.78, 5) is 4.55. The second-order valence-corrected chi connectivity index (χ2v) is 11.2. The number of rotatable bonds is 4. The number of nitrogens with zero attached hydrogens (tertiary/aromatic N) is 1. The molecule has 4 heteroatoms. The minimum Gasteiger partial charge on any atom is -0.507 e. The molecule has 1 unspecified atom stereocenters. The summed E-state index contributed by atoms with van der Waals surface area (Å²) in [5, 5.41) is 21.7. The quantitative estimate of drug-likeness (QED) is 0.139. The van der Waals surface area contributed by atoms with Crippen LogP contribution in [-0.4, -0.2) is 16.8 Å². The second kappa shape index (κ2) is 10.0. The van der Waals surface area contributed by atoms with E-state index >= 15 is 0 Å². The van der Waals surface area contributed by atoms with Gasteiger partial charge in [-0.15, -0.1) is 0 Å². The van der Waals surface area contributed by atoms with Gasteiger partial charge in [-0.1, -0.05) is 90.5 Å². The van der Waals surface area contributed by atoms with Crippen molar-refractivity contribution < 1.29 is 5.11 Å². The summed E-state index contributed by atoms with van der Waals surface area (Å²) in [7, 11) is 0. The molecule has 4 N–H and O–H groups in total. The normalized spacial score (nSPS) is 19.9. The van der Waals surface area contributed by atoms with Gasteiger partial charge in [0.25, 0.3) is 0 Å². The summed E-state index contributed by atoms with van der Waals surface area (Å²) in [6.45, 7) is 0. The third kappa shape index (κ3) is 3.89. The lowest BCUT2D eigenvalue weighted by Crippen LogP contribution is -2.31. The van der Waals surface area contributed by atoms with Crippen molar-refractivity contribution in [3.05, 3.63) is 137 Å².